The van der Waals surface area contributed by atoms with Gasteiger partial charge in [-0.2, -0.15) is 0 Å². The molecular formula is C16H34N2. The Morgan fingerprint density at radius 1 is 1.17 bits per heavy atom. The molecule has 0 aromatic rings. The van der Waals surface area contributed by atoms with Crippen LogP contribution in [-0.4, -0.2) is 36.1 Å². The van der Waals surface area contributed by atoms with Gasteiger partial charge in [0.05, 0.1) is 0 Å². The fourth-order valence-electron chi connectivity index (χ4n) is 3.15. The fourth-order valence-corrected chi connectivity index (χ4v) is 3.15. The second-order valence-corrected chi connectivity index (χ2v) is 6.55. The number of rotatable bonds is 6. The first-order chi connectivity index (χ1) is 8.51. The number of piperazine rings is 1. The Labute approximate surface area is 115 Å². The van der Waals surface area contributed by atoms with Gasteiger partial charge >= 0.3 is 0 Å². The third-order valence-electron chi connectivity index (χ3n) is 4.80. The maximum absolute atomic E-state index is 3.77. The van der Waals surface area contributed by atoms with Crippen LogP contribution in [0, 0.1) is 11.8 Å². The van der Waals surface area contributed by atoms with Crippen molar-refractivity contribution in [2.75, 3.05) is 13.1 Å². The van der Waals surface area contributed by atoms with Crippen LogP contribution in [0.4, 0.5) is 0 Å². The summed E-state index contributed by atoms with van der Waals surface area (Å²) in [6, 6.07) is 2.13. The fraction of sp³-hybridized carbons (Fsp3) is 1.00. The van der Waals surface area contributed by atoms with Gasteiger partial charge in [0.1, 0.15) is 0 Å². The summed E-state index contributed by atoms with van der Waals surface area (Å²) in [5.41, 5.74) is 0. The van der Waals surface area contributed by atoms with Crippen LogP contribution >= 0.6 is 0 Å². The van der Waals surface area contributed by atoms with Gasteiger partial charge in [0.2, 0.25) is 0 Å². The van der Waals surface area contributed by atoms with E-state index in [1.807, 2.05) is 0 Å². The first kappa shape index (κ1) is 16.0. The largest absolute Gasteiger partial charge is 0.311 e. The highest BCUT2D eigenvalue weighted by Crippen LogP contribution is 2.24. The Bertz CT molecular complexity index is 227. The van der Waals surface area contributed by atoms with Gasteiger partial charge in [-0.25, -0.2) is 0 Å². The lowest BCUT2D eigenvalue weighted by atomic mass is 9.90. The molecule has 0 amide bonds. The Morgan fingerprint density at radius 3 is 2.33 bits per heavy atom. The van der Waals surface area contributed by atoms with E-state index < -0.39 is 0 Å². The predicted molar refractivity (Wildman–Crippen MR) is 80.9 cm³/mol. The van der Waals surface area contributed by atoms with Gasteiger partial charge in [0.25, 0.3) is 0 Å². The van der Waals surface area contributed by atoms with Gasteiger partial charge in [0, 0.05) is 31.2 Å². The first-order valence-electron chi connectivity index (χ1n) is 8.00. The minimum atomic E-state index is 0.671. The summed E-state index contributed by atoms with van der Waals surface area (Å²) < 4.78 is 0. The third kappa shape index (κ3) is 3.96. The first-order valence-corrected chi connectivity index (χ1v) is 8.00. The van der Waals surface area contributed by atoms with Crippen molar-refractivity contribution in [1.82, 2.24) is 10.2 Å². The van der Waals surface area contributed by atoms with Crippen LogP contribution in [-0.2, 0) is 0 Å². The number of hydrogen-bond acceptors (Lipinski definition) is 2. The second-order valence-electron chi connectivity index (χ2n) is 6.55. The van der Waals surface area contributed by atoms with Crippen LogP contribution in [0.1, 0.15) is 60.8 Å². The van der Waals surface area contributed by atoms with Crippen molar-refractivity contribution in [1.29, 1.82) is 0 Å². The molecule has 1 fully saturated rings. The topological polar surface area (TPSA) is 15.3 Å². The summed E-state index contributed by atoms with van der Waals surface area (Å²) in [5, 5.41) is 3.77. The molecule has 1 saturated heterocycles. The van der Waals surface area contributed by atoms with Gasteiger partial charge in [-0.3, -0.25) is 4.90 Å². The lowest BCUT2D eigenvalue weighted by Crippen LogP contribution is -2.62. The molecule has 2 heteroatoms. The van der Waals surface area contributed by atoms with Crippen LogP contribution in [0.3, 0.4) is 0 Å². The number of nitrogens with one attached hydrogen (secondary N) is 1. The molecule has 4 unspecified atom stereocenters. The summed E-state index contributed by atoms with van der Waals surface area (Å²) >= 11 is 0. The van der Waals surface area contributed by atoms with E-state index in [1.165, 1.54) is 32.4 Å². The Hall–Kier alpha value is -0.0800. The van der Waals surface area contributed by atoms with Crippen molar-refractivity contribution in [3.05, 3.63) is 0 Å². The molecule has 18 heavy (non-hydrogen) atoms. The van der Waals surface area contributed by atoms with Gasteiger partial charge in [-0.05, 0) is 25.2 Å². The molecule has 108 valence electrons. The quantitative estimate of drug-likeness (QED) is 0.780. The maximum Gasteiger partial charge on any atom is 0.0249 e. The highest BCUT2D eigenvalue weighted by molar-refractivity contribution is 4.91. The van der Waals surface area contributed by atoms with Crippen molar-refractivity contribution in [3.63, 3.8) is 0 Å². The van der Waals surface area contributed by atoms with E-state index >= 15 is 0 Å². The van der Waals surface area contributed by atoms with E-state index in [2.05, 4.69) is 51.8 Å². The zero-order valence-electron chi connectivity index (χ0n) is 13.4. The third-order valence-corrected chi connectivity index (χ3v) is 4.80. The van der Waals surface area contributed by atoms with Crippen LogP contribution in [0.25, 0.3) is 0 Å². The van der Waals surface area contributed by atoms with E-state index in [0.29, 0.717) is 6.04 Å². The molecule has 1 aliphatic heterocycles. The molecule has 1 N–H and O–H groups in total. The normalized spacial score (nSPS) is 29.5. The van der Waals surface area contributed by atoms with Crippen molar-refractivity contribution in [2.45, 2.75) is 78.9 Å². The Morgan fingerprint density at radius 2 is 1.83 bits per heavy atom. The molecule has 0 bridgehead atoms. The molecule has 0 aromatic carbocycles. The summed E-state index contributed by atoms with van der Waals surface area (Å²) in [6.07, 6.45) is 3.91. The molecule has 0 radical (unpaired) electrons. The van der Waals surface area contributed by atoms with Gasteiger partial charge < -0.3 is 5.32 Å². The molecule has 1 rings (SSSR count). The zero-order chi connectivity index (χ0) is 13.7. The maximum atomic E-state index is 3.77. The van der Waals surface area contributed by atoms with E-state index in [0.717, 1.165) is 23.9 Å². The summed E-state index contributed by atoms with van der Waals surface area (Å²) in [7, 11) is 0. The van der Waals surface area contributed by atoms with Crippen LogP contribution in [0.15, 0.2) is 0 Å². The van der Waals surface area contributed by atoms with Crippen LogP contribution < -0.4 is 5.32 Å². The average molecular weight is 254 g/mol. The smallest absolute Gasteiger partial charge is 0.0249 e. The minimum Gasteiger partial charge on any atom is -0.311 e. The van der Waals surface area contributed by atoms with Gasteiger partial charge in [-0.15, -0.1) is 0 Å². The minimum absolute atomic E-state index is 0.671. The molecule has 4 atom stereocenters. The van der Waals surface area contributed by atoms with Crippen molar-refractivity contribution in [3.8, 4) is 0 Å². The average Bonchev–Trinajstić information content (AvgIpc) is 2.37. The van der Waals surface area contributed by atoms with E-state index in [4.69, 9.17) is 0 Å². The van der Waals surface area contributed by atoms with E-state index in [1.54, 1.807) is 0 Å². The Kier molecular flexibility index (Phi) is 6.65. The molecule has 1 aliphatic rings. The van der Waals surface area contributed by atoms with Crippen LogP contribution in [0.2, 0.25) is 0 Å². The molecular weight excluding hydrogens is 220 g/mol. The monoisotopic (exact) mass is 254 g/mol. The molecule has 1 heterocycles. The van der Waals surface area contributed by atoms with E-state index in [-0.39, 0.29) is 0 Å². The second kappa shape index (κ2) is 7.49. The van der Waals surface area contributed by atoms with Crippen molar-refractivity contribution >= 4 is 0 Å². The predicted octanol–water partition coefficient (Wildman–Crippen LogP) is 3.52. The van der Waals surface area contributed by atoms with Gasteiger partial charge in [0.15, 0.2) is 0 Å². The summed E-state index contributed by atoms with van der Waals surface area (Å²) in [4.78, 5) is 2.79. The number of hydrogen-bond donors (Lipinski definition) is 1. The van der Waals surface area contributed by atoms with Crippen molar-refractivity contribution in [2.24, 2.45) is 11.8 Å². The SMILES string of the molecule is CCCC(C)N1CC(C(C)C)NCC1C(C)CC. The molecule has 0 spiro atoms. The summed E-state index contributed by atoms with van der Waals surface area (Å²) in [5.74, 6) is 1.53. The van der Waals surface area contributed by atoms with Crippen molar-refractivity contribution < 1.29 is 0 Å². The molecule has 0 aliphatic carbocycles. The molecule has 2 nitrogen and oxygen atoms in total. The molecule has 0 saturated carbocycles. The molecule has 0 aromatic heterocycles. The Balaban J connectivity index is 2.72. The lowest BCUT2D eigenvalue weighted by molar-refractivity contribution is 0.0432. The zero-order valence-corrected chi connectivity index (χ0v) is 13.4. The highest BCUT2D eigenvalue weighted by Gasteiger charge is 2.34. The van der Waals surface area contributed by atoms with Crippen LogP contribution in [0.5, 0.6) is 0 Å². The number of nitrogens with zero attached hydrogens (tertiary/aromatic N) is 1. The van der Waals surface area contributed by atoms with E-state index in [9.17, 15) is 0 Å². The van der Waals surface area contributed by atoms with Gasteiger partial charge in [-0.1, -0.05) is 47.5 Å². The summed E-state index contributed by atoms with van der Waals surface area (Å²) in [6.45, 7) is 16.5. The highest BCUT2D eigenvalue weighted by atomic mass is 15.3. The lowest BCUT2D eigenvalue weighted by Gasteiger charge is -2.47. The standard InChI is InChI=1S/C16H34N2/c1-7-9-14(6)18-11-15(12(3)4)17-10-16(18)13(5)8-2/h12-17H,7-11H2,1-6H3.